The molecule has 0 fully saturated rings. The van der Waals surface area contributed by atoms with Crippen LogP contribution in [0, 0.1) is 10.8 Å². The molecule has 6 aromatic rings. The second-order valence-corrected chi connectivity index (χ2v) is 18.5. The third-order valence-corrected chi connectivity index (χ3v) is 9.79. The Hall–Kier alpha value is -5.38. The average Bonchev–Trinajstić information content (AvgIpc) is 3.71. The second-order valence-electron chi connectivity index (χ2n) is 18.5. The highest BCUT2D eigenvalue weighted by molar-refractivity contribution is 5.87. The summed E-state index contributed by atoms with van der Waals surface area (Å²) in [5.74, 6) is 0.162. The van der Waals surface area contributed by atoms with Crippen LogP contribution < -0.4 is 0 Å². The van der Waals surface area contributed by atoms with Gasteiger partial charge in [0.1, 0.15) is 33.4 Å². The fourth-order valence-corrected chi connectivity index (χ4v) is 7.94. The van der Waals surface area contributed by atoms with Crippen LogP contribution in [0.4, 0.5) is 0 Å². The van der Waals surface area contributed by atoms with Crippen molar-refractivity contribution in [2.75, 3.05) is 13.1 Å². The van der Waals surface area contributed by atoms with E-state index in [9.17, 15) is 10.2 Å². The Labute approximate surface area is 325 Å². The molecule has 0 atom stereocenters. The molecule has 0 radical (unpaired) electrons. The van der Waals surface area contributed by atoms with E-state index in [2.05, 4.69) is 89.6 Å². The third kappa shape index (κ3) is 9.30. The van der Waals surface area contributed by atoms with Gasteiger partial charge in [0.2, 0.25) is 0 Å². The molecule has 10 nitrogen and oxygen atoms in total. The SMILES string of the molecule is CC(C)(C)CC(C)(C)c1cc(C=NCCCN=Cc2cc(C(C)(C)CC(C)(C)C)cc(-n3nc4ccccc4n3)c2O)c(O)c(-n2nc3ccccc3n2)c1. The highest BCUT2D eigenvalue weighted by Gasteiger charge is 2.31. The number of nitrogens with zero attached hydrogens (tertiary/aromatic N) is 8. The van der Waals surface area contributed by atoms with Crippen LogP contribution >= 0.6 is 0 Å². The van der Waals surface area contributed by atoms with Gasteiger partial charge >= 0.3 is 0 Å². The smallest absolute Gasteiger partial charge is 0.151 e. The first-order chi connectivity index (χ1) is 25.8. The minimum Gasteiger partial charge on any atom is -0.505 e. The molecular formula is C45H56N8O2. The predicted molar refractivity (Wildman–Crippen MR) is 225 cm³/mol. The van der Waals surface area contributed by atoms with Crippen LogP contribution in [0.2, 0.25) is 0 Å². The van der Waals surface area contributed by atoms with Gasteiger partial charge in [0, 0.05) is 36.6 Å². The number of hydrogen-bond acceptors (Lipinski definition) is 8. The molecule has 0 aliphatic heterocycles. The van der Waals surface area contributed by atoms with Crippen molar-refractivity contribution in [1.29, 1.82) is 0 Å². The van der Waals surface area contributed by atoms with Crippen molar-refractivity contribution >= 4 is 34.5 Å². The molecule has 0 unspecified atom stereocenters. The van der Waals surface area contributed by atoms with E-state index >= 15 is 0 Å². The van der Waals surface area contributed by atoms with Gasteiger partial charge in [-0.2, -0.15) is 0 Å². The summed E-state index contributed by atoms with van der Waals surface area (Å²) in [5, 5.41) is 41.7. The van der Waals surface area contributed by atoms with Crippen molar-refractivity contribution in [2.45, 2.75) is 99.3 Å². The van der Waals surface area contributed by atoms with Crippen molar-refractivity contribution in [1.82, 2.24) is 30.0 Å². The molecule has 288 valence electrons. The van der Waals surface area contributed by atoms with E-state index in [1.165, 1.54) is 9.59 Å². The lowest BCUT2D eigenvalue weighted by atomic mass is 9.72. The molecule has 0 amide bonds. The first-order valence-corrected chi connectivity index (χ1v) is 19.2. The normalized spacial score (nSPS) is 13.3. The van der Waals surface area contributed by atoms with E-state index in [4.69, 9.17) is 9.98 Å². The van der Waals surface area contributed by atoms with Crippen molar-refractivity contribution in [3.05, 3.63) is 95.1 Å². The highest BCUT2D eigenvalue weighted by Crippen LogP contribution is 2.41. The Bertz CT molecular complexity index is 2140. The Morgan fingerprint density at radius 1 is 0.527 bits per heavy atom. The quantitative estimate of drug-likeness (QED) is 0.0950. The Morgan fingerprint density at radius 2 is 0.855 bits per heavy atom. The van der Waals surface area contributed by atoms with Crippen LogP contribution in [0.1, 0.15) is 111 Å². The summed E-state index contributed by atoms with van der Waals surface area (Å²) in [6.45, 7) is 23.4. The summed E-state index contributed by atoms with van der Waals surface area (Å²) in [5.41, 5.74) is 7.29. The van der Waals surface area contributed by atoms with Gasteiger partial charge in [-0.15, -0.1) is 30.0 Å². The predicted octanol–water partition coefficient (Wildman–Crippen LogP) is 9.92. The number of aromatic nitrogens is 6. The average molecular weight is 741 g/mol. The van der Waals surface area contributed by atoms with E-state index in [1.54, 1.807) is 12.4 Å². The molecule has 2 aromatic heterocycles. The summed E-state index contributed by atoms with van der Waals surface area (Å²) < 4.78 is 0. The lowest BCUT2D eigenvalue weighted by Crippen LogP contribution is -2.25. The topological polar surface area (TPSA) is 127 Å². The molecule has 2 heterocycles. The zero-order chi connectivity index (χ0) is 39.8. The fraction of sp³-hybridized carbons (Fsp3) is 0.422. The Kier molecular flexibility index (Phi) is 10.8. The fourth-order valence-electron chi connectivity index (χ4n) is 7.94. The van der Waals surface area contributed by atoms with Crippen molar-refractivity contribution in [2.24, 2.45) is 20.8 Å². The molecule has 0 bridgehead atoms. The molecular weight excluding hydrogens is 685 g/mol. The Balaban J connectivity index is 1.23. The van der Waals surface area contributed by atoms with Crippen LogP contribution in [0.25, 0.3) is 33.4 Å². The molecule has 55 heavy (non-hydrogen) atoms. The monoisotopic (exact) mass is 740 g/mol. The lowest BCUT2D eigenvalue weighted by Gasteiger charge is -2.33. The number of rotatable bonds is 12. The highest BCUT2D eigenvalue weighted by atomic mass is 16.3. The van der Waals surface area contributed by atoms with Crippen LogP contribution in [0.3, 0.4) is 0 Å². The molecule has 0 aliphatic carbocycles. The largest absolute Gasteiger partial charge is 0.505 e. The minimum absolute atomic E-state index is 0.0810. The van der Waals surface area contributed by atoms with Gasteiger partial charge in [0.05, 0.1) is 0 Å². The zero-order valence-corrected chi connectivity index (χ0v) is 34.1. The van der Waals surface area contributed by atoms with Gasteiger partial charge in [0.25, 0.3) is 0 Å². The van der Waals surface area contributed by atoms with Crippen molar-refractivity contribution in [3.63, 3.8) is 0 Å². The molecule has 0 aliphatic rings. The summed E-state index contributed by atoms with van der Waals surface area (Å²) >= 11 is 0. The third-order valence-electron chi connectivity index (χ3n) is 9.79. The zero-order valence-electron chi connectivity index (χ0n) is 34.1. The van der Waals surface area contributed by atoms with E-state index in [0.717, 1.165) is 46.0 Å². The van der Waals surface area contributed by atoms with E-state index in [0.29, 0.717) is 42.0 Å². The van der Waals surface area contributed by atoms with Gasteiger partial charge < -0.3 is 10.2 Å². The molecule has 0 spiro atoms. The molecule has 0 saturated heterocycles. The van der Waals surface area contributed by atoms with Gasteiger partial charge in [-0.1, -0.05) is 93.5 Å². The van der Waals surface area contributed by atoms with Crippen molar-refractivity contribution < 1.29 is 10.2 Å². The van der Waals surface area contributed by atoms with Gasteiger partial charge in [0.15, 0.2) is 11.5 Å². The maximum atomic E-state index is 11.5. The minimum atomic E-state index is -0.184. The number of fused-ring (bicyclic) bond motifs is 2. The first kappa shape index (κ1) is 39.3. The van der Waals surface area contributed by atoms with Crippen molar-refractivity contribution in [3.8, 4) is 22.9 Å². The second kappa shape index (κ2) is 15.0. The van der Waals surface area contributed by atoms with E-state index in [-0.39, 0.29) is 33.2 Å². The van der Waals surface area contributed by atoms with Crippen LogP contribution in [-0.2, 0) is 10.8 Å². The maximum absolute atomic E-state index is 11.5. The number of phenols is 2. The maximum Gasteiger partial charge on any atom is 0.151 e. The summed E-state index contributed by atoms with van der Waals surface area (Å²) in [6.07, 6.45) is 6.04. The van der Waals surface area contributed by atoms with E-state index in [1.807, 2.05) is 72.8 Å². The molecule has 4 aromatic carbocycles. The van der Waals surface area contributed by atoms with Gasteiger partial charge in [-0.25, -0.2) is 0 Å². The van der Waals surface area contributed by atoms with E-state index < -0.39 is 0 Å². The van der Waals surface area contributed by atoms with Gasteiger partial charge in [-0.05, 0) is 101 Å². The van der Waals surface area contributed by atoms with Gasteiger partial charge in [-0.3, -0.25) is 9.98 Å². The number of aliphatic imine (C=N–C) groups is 2. The summed E-state index contributed by atoms with van der Waals surface area (Å²) in [7, 11) is 0. The molecule has 2 N–H and O–H groups in total. The van der Waals surface area contributed by atoms with Crippen LogP contribution in [0.15, 0.2) is 82.8 Å². The number of hydrogen-bond donors (Lipinski definition) is 2. The van der Waals surface area contributed by atoms with Crippen LogP contribution in [-0.4, -0.2) is 65.7 Å². The summed E-state index contributed by atoms with van der Waals surface area (Å²) in [4.78, 5) is 12.5. The standard InChI is InChI=1S/C45H56N8O2/c1-42(2,3)28-44(7,8)32-22-30(40(54)38(24-32)52-48-34-16-11-12-17-35(34)49-52)26-46-20-15-21-47-27-31-23-33(45(9,10)29-43(4,5)6)25-39(41(31)55)53-50-36-18-13-14-19-37(36)51-53/h11-14,16-19,22-27,54-55H,15,20-21,28-29H2,1-10H3. The lowest BCUT2D eigenvalue weighted by molar-refractivity contribution is 0.283. The Morgan fingerprint density at radius 3 is 1.16 bits per heavy atom. The number of aromatic hydroxyl groups is 2. The first-order valence-electron chi connectivity index (χ1n) is 19.2. The summed E-state index contributed by atoms with van der Waals surface area (Å²) in [6, 6.07) is 23.4. The molecule has 0 saturated carbocycles. The number of phenolic OH excluding ortho intramolecular Hbond substituents is 2. The number of benzene rings is 4. The molecule has 10 heteroatoms. The molecule has 6 rings (SSSR count). The van der Waals surface area contributed by atoms with Crippen LogP contribution in [0.5, 0.6) is 11.5 Å².